The monoisotopic (exact) mass is 399 g/mol. The minimum absolute atomic E-state index is 0.0519. The first-order chi connectivity index (χ1) is 14.0. The number of esters is 1. The molecule has 1 N–H and O–H groups in total. The molecule has 0 saturated heterocycles. The lowest BCUT2D eigenvalue weighted by Crippen LogP contribution is -2.29. The molecule has 0 saturated carbocycles. The van der Waals surface area contributed by atoms with Crippen LogP contribution in [0.2, 0.25) is 0 Å². The number of ether oxygens (including phenoxy) is 1. The largest absolute Gasteiger partial charge is 0.462 e. The number of anilines is 1. The molecule has 1 aromatic carbocycles. The highest BCUT2D eigenvalue weighted by atomic mass is 16.6. The number of hydrogen-bond donors (Lipinski definition) is 1. The van der Waals surface area contributed by atoms with Gasteiger partial charge in [0, 0.05) is 17.8 Å². The second-order valence-corrected chi connectivity index (χ2v) is 7.00. The molecule has 0 amide bonds. The van der Waals surface area contributed by atoms with Gasteiger partial charge in [0.05, 0.1) is 17.1 Å². The molecule has 1 aromatic heterocycles. The first-order valence-electron chi connectivity index (χ1n) is 9.81. The maximum atomic E-state index is 12.9. The highest BCUT2D eigenvalue weighted by molar-refractivity contribution is 5.92. The quantitative estimate of drug-likeness (QED) is 0.294. The molecule has 0 spiro atoms. The summed E-state index contributed by atoms with van der Waals surface area (Å²) in [5.74, 6) is 0.0123. The standard InChI is InChI=1S/C20H25N5O4/c1-3-4-5-6-7-11-29-19(26)17-14(2)23-20-21-13-22-24(20)18(17)15-9-8-10-16(12-15)25(27)28/h8-10,12-13,18H,3-7,11H2,1-2H3,(H,21,22,23). The topological polar surface area (TPSA) is 112 Å². The molecule has 9 nitrogen and oxygen atoms in total. The lowest BCUT2D eigenvalue weighted by molar-refractivity contribution is -0.384. The summed E-state index contributed by atoms with van der Waals surface area (Å²) < 4.78 is 7.07. The van der Waals surface area contributed by atoms with E-state index in [0.29, 0.717) is 29.4 Å². The fourth-order valence-corrected chi connectivity index (χ4v) is 3.42. The van der Waals surface area contributed by atoms with E-state index in [2.05, 4.69) is 22.3 Å². The smallest absolute Gasteiger partial charge is 0.338 e. The van der Waals surface area contributed by atoms with Gasteiger partial charge in [-0.3, -0.25) is 10.1 Å². The van der Waals surface area contributed by atoms with Crippen molar-refractivity contribution in [3.8, 4) is 0 Å². The van der Waals surface area contributed by atoms with Gasteiger partial charge in [0.15, 0.2) is 0 Å². The van der Waals surface area contributed by atoms with Crippen molar-refractivity contribution in [3.63, 3.8) is 0 Å². The molecule has 1 unspecified atom stereocenters. The van der Waals surface area contributed by atoms with Crippen LogP contribution in [0.1, 0.15) is 57.6 Å². The molecule has 1 aliphatic heterocycles. The molecule has 29 heavy (non-hydrogen) atoms. The number of carbonyl (C=O) groups is 1. The van der Waals surface area contributed by atoms with Crippen molar-refractivity contribution < 1.29 is 14.5 Å². The fraction of sp³-hybridized carbons (Fsp3) is 0.450. The molecule has 2 heterocycles. The first-order valence-corrected chi connectivity index (χ1v) is 9.81. The van der Waals surface area contributed by atoms with Gasteiger partial charge in [-0.1, -0.05) is 44.7 Å². The third-order valence-corrected chi connectivity index (χ3v) is 4.89. The summed E-state index contributed by atoms with van der Waals surface area (Å²) in [6.07, 6.45) is 6.65. The summed E-state index contributed by atoms with van der Waals surface area (Å²) >= 11 is 0. The van der Waals surface area contributed by atoms with Crippen molar-refractivity contribution >= 4 is 17.6 Å². The molecule has 0 aliphatic carbocycles. The maximum Gasteiger partial charge on any atom is 0.338 e. The molecule has 0 radical (unpaired) electrons. The molecule has 1 aliphatic rings. The van der Waals surface area contributed by atoms with Crippen molar-refractivity contribution in [1.82, 2.24) is 14.8 Å². The van der Waals surface area contributed by atoms with Crippen LogP contribution >= 0.6 is 0 Å². The first kappa shape index (κ1) is 20.5. The number of hydrogen-bond acceptors (Lipinski definition) is 7. The van der Waals surface area contributed by atoms with E-state index in [-0.39, 0.29) is 5.69 Å². The summed E-state index contributed by atoms with van der Waals surface area (Å²) in [4.78, 5) is 27.8. The number of allylic oxidation sites excluding steroid dienone is 1. The highest BCUT2D eigenvalue weighted by Crippen LogP contribution is 2.36. The number of nitro benzene ring substituents is 1. The van der Waals surface area contributed by atoms with E-state index in [9.17, 15) is 14.9 Å². The Hall–Kier alpha value is -3.23. The van der Waals surface area contributed by atoms with Gasteiger partial charge < -0.3 is 10.1 Å². The van der Waals surface area contributed by atoms with E-state index in [1.165, 1.54) is 24.9 Å². The number of carbonyl (C=O) groups excluding carboxylic acids is 1. The number of rotatable bonds is 9. The molecular weight excluding hydrogens is 374 g/mol. The minimum atomic E-state index is -0.652. The molecule has 3 rings (SSSR count). The third kappa shape index (κ3) is 4.61. The van der Waals surface area contributed by atoms with Crippen LogP contribution < -0.4 is 5.32 Å². The van der Waals surface area contributed by atoms with Crippen LogP contribution in [0, 0.1) is 10.1 Å². The van der Waals surface area contributed by atoms with E-state index in [4.69, 9.17) is 4.74 Å². The Morgan fingerprint density at radius 3 is 2.86 bits per heavy atom. The normalized spacial score (nSPS) is 15.6. The van der Waals surface area contributed by atoms with E-state index < -0.39 is 16.9 Å². The minimum Gasteiger partial charge on any atom is -0.462 e. The number of unbranched alkanes of at least 4 members (excludes halogenated alkanes) is 4. The maximum absolute atomic E-state index is 12.9. The average Bonchev–Trinajstić information content (AvgIpc) is 3.17. The molecule has 1 atom stereocenters. The predicted molar refractivity (Wildman–Crippen MR) is 107 cm³/mol. The van der Waals surface area contributed by atoms with Gasteiger partial charge >= 0.3 is 5.97 Å². The van der Waals surface area contributed by atoms with Gasteiger partial charge in [0.25, 0.3) is 5.69 Å². The summed E-state index contributed by atoms with van der Waals surface area (Å²) in [6.45, 7) is 4.25. The number of aromatic nitrogens is 3. The average molecular weight is 399 g/mol. The Morgan fingerprint density at radius 1 is 1.31 bits per heavy atom. The van der Waals surface area contributed by atoms with Crippen molar-refractivity contribution in [2.75, 3.05) is 11.9 Å². The van der Waals surface area contributed by atoms with Crippen LogP contribution in [0.15, 0.2) is 41.9 Å². The number of nitrogens with one attached hydrogen (secondary N) is 1. The molecule has 9 heteroatoms. The summed E-state index contributed by atoms with van der Waals surface area (Å²) in [6, 6.07) is 5.55. The number of non-ortho nitro benzene ring substituents is 1. The second kappa shape index (κ2) is 9.31. The van der Waals surface area contributed by atoms with Gasteiger partial charge in [-0.25, -0.2) is 9.48 Å². The Kier molecular flexibility index (Phi) is 6.58. The van der Waals surface area contributed by atoms with Crippen LogP contribution in [0.5, 0.6) is 0 Å². The molecular formula is C20H25N5O4. The molecule has 0 bridgehead atoms. The van der Waals surface area contributed by atoms with Gasteiger partial charge in [-0.2, -0.15) is 10.1 Å². The van der Waals surface area contributed by atoms with Crippen LogP contribution in [0.3, 0.4) is 0 Å². The van der Waals surface area contributed by atoms with E-state index >= 15 is 0 Å². The van der Waals surface area contributed by atoms with Crippen molar-refractivity contribution in [3.05, 3.63) is 57.5 Å². The van der Waals surface area contributed by atoms with Crippen molar-refractivity contribution in [2.45, 2.75) is 52.0 Å². The number of nitro groups is 1. The number of benzene rings is 1. The fourth-order valence-electron chi connectivity index (χ4n) is 3.42. The summed E-state index contributed by atoms with van der Waals surface area (Å²) in [5, 5.41) is 18.5. The molecule has 154 valence electrons. The van der Waals surface area contributed by atoms with E-state index in [1.54, 1.807) is 23.7 Å². The van der Waals surface area contributed by atoms with Gasteiger partial charge in [0.2, 0.25) is 5.95 Å². The Labute approximate surface area is 168 Å². The van der Waals surface area contributed by atoms with Crippen LogP contribution in [0.25, 0.3) is 0 Å². The third-order valence-electron chi connectivity index (χ3n) is 4.89. The zero-order valence-electron chi connectivity index (χ0n) is 16.6. The van der Waals surface area contributed by atoms with Crippen LogP contribution in [-0.2, 0) is 9.53 Å². The predicted octanol–water partition coefficient (Wildman–Crippen LogP) is 3.99. The summed E-state index contributed by atoms with van der Waals surface area (Å²) in [7, 11) is 0. The zero-order chi connectivity index (χ0) is 20.8. The van der Waals surface area contributed by atoms with Gasteiger partial charge in [0.1, 0.15) is 12.4 Å². The Bertz CT molecular complexity index is 921. The van der Waals surface area contributed by atoms with Crippen molar-refractivity contribution in [2.24, 2.45) is 0 Å². The number of nitrogens with zero attached hydrogens (tertiary/aromatic N) is 4. The SMILES string of the molecule is CCCCCCCOC(=O)C1=C(C)Nc2ncnn2C1c1cccc([N+](=O)[O-])c1. The summed E-state index contributed by atoms with van der Waals surface area (Å²) in [5.41, 5.74) is 1.49. The lowest BCUT2D eigenvalue weighted by Gasteiger charge is -2.28. The van der Waals surface area contributed by atoms with Crippen LogP contribution in [0.4, 0.5) is 11.6 Å². The number of fused-ring (bicyclic) bond motifs is 1. The van der Waals surface area contributed by atoms with Crippen LogP contribution in [-0.4, -0.2) is 32.3 Å². The van der Waals surface area contributed by atoms with Gasteiger partial charge in [-0.05, 0) is 18.9 Å². The molecule has 0 fully saturated rings. The Balaban J connectivity index is 1.85. The van der Waals surface area contributed by atoms with E-state index in [1.807, 2.05) is 0 Å². The Morgan fingerprint density at radius 2 is 2.10 bits per heavy atom. The molecule has 2 aromatic rings. The van der Waals surface area contributed by atoms with Gasteiger partial charge in [-0.15, -0.1) is 0 Å². The lowest BCUT2D eigenvalue weighted by atomic mass is 9.95. The van der Waals surface area contributed by atoms with E-state index in [0.717, 1.165) is 25.7 Å². The van der Waals surface area contributed by atoms with Crippen molar-refractivity contribution in [1.29, 1.82) is 0 Å². The second-order valence-electron chi connectivity index (χ2n) is 7.00. The zero-order valence-corrected chi connectivity index (χ0v) is 16.6. The highest BCUT2D eigenvalue weighted by Gasteiger charge is 2.34.